The summed E-state index contributed by atoms with van der Waals surface area (Å²) in [4.78, 5) is 19.1. The van der Waals surface area contributed by atoms with Crippen molar-refractivity contribution < 1.29 is 17.6 Å². The second-order valence-electron chi connectivity index (χ2n) is 7.36. The molecule has 2 fully saturated rings. The summed E-state index contributed by atoms with van der Waals surface area (Å²) in [6.07, 6.45) is 0.535. The second-order valence-corrected chi connectivity index (χ2v) is 9.59. The van der Waals surface area contributed by atoms with E-state index in [1.54, 1.807) is 17.0 Å². The summed E-state index contributed by atoms with van der Waals surface area (Å²) < 4.78 is 36.6. The Kier molecular flexibility index (Phi) is 6.05. The molecule has 0 radical (unpaired) electrons. The molecule has 8 heteroatoms. The van der Waals surface area contributed by atoms with Crippen LogP contribution in [0, 0.1) is 5.82 Å². The van der Waals surface area contributed by atoms with Crippen molar-refractivity contribution in [3.63, 3.8) is 0 Å². The zero-order valence-corrected chi connectivity index (χ0v) is 16.8. The third-order valence-electron chi connectivity index (χ3n) is 5.68. The van der Waals surface area contributed by atoms with E-state index in [0.29, 0.717) is 13.0 Å². The van der Waals surface area contributed by atoms with E-state index in [2.05, 4.69) is 9.80 Å². The number of sulfone groups is 1. The van der Waals surface area contributed by atoms with Crippen molar-refractivity contribution in [2.24, 2.45) is 0 Å². The van der Waals surface area contributed by atoms with Crippen molar-refractivity contribution in [3.8, 4) is 0 Å². The number of benzene rings is 1. The Morgan fingerprint density at radius 3 is 2.37 bits per heavy atom. The van der Waals surface area contributed by atoms with Gasteiger partial charge in [-0.3, -0.25) is 9.69 Å². The molecule has 6 nitrogen and oxygen atoms in total. The van der Waals surface area contributed by atoms with Gasteiger partial charge in [0.15, 0.2) is 9.84 Å². The number of halogens is 1. The van der Waals surface area contributed by atoms with Crippen molar-refractivity contribution in [3.05, 3.63) is 30.1 Å². The first-order valence-corrected chi connectivity index (χ1v) is 11.4. The Balaban J connectivity index is 1.58. The molecule has 27 heavy (non-hydrogen) atoms. The molecule has 2 heterocycles. The molecule has 0 aliphatic carbocycles. The van der Waals surface area contributed by atoms with Gasteiger partial charge in [0.2, 0.25) is 5.91 Å². The summed E-state index contributed by atoms with van der Waals surface area (Å²) in [5.41, 5.74) is 0.987. The minimum Gasteiger partial charge on any atom is -0.369 e. The van der Waals surface area contributed by atoms with Crippen LogP contribution in [-0.2, 0) is 14.6 Å². The number of anilines is 1. The quantitative estimate of drug-likeness (QED) is 0.751. The number of hydrogen-bond acceptors (Lipinski definition) is 5. The van der Waals surface area contributed by atoms with Crippen molar-refractivity contribution >= 4 is 21.4 Å². The third-order valence-corrected chi connectivity index (χ3v) is 7.43. The van der Waals surface area contributed by atoms with Crippen LogP contribution in [0.1, 0.15) is 20.3 Å². The maximum absolute atomic E-state index is 13.1. The average Bonchev–Trinajstić information content (AvgIpc) is 3.02. The van der Waals surface area contributed by atoms with Crippen LogP contribution in [0.25, 0.3) is 0 Å². The Morgan fingerprint density at radius 1 is 1.22 bits per heavy atom. The first-order valence-electron chi connectivity index (χ1n) is 9.56. The van der Waals surface area contributed by atoms with Gasteiger partial charge in [-0.25, -0.2) is 12.8 Å². The first kappa shape index (κ1) is 20.1. The van der Waals surface area contributed by atoms with Gasteiger partial charge in [-0.1, -0.05) is 0 Å². The lowest BCUT2D eigenvalue weighted by Gasteiger charge is -2.40. The molecular formula is C19H28FN3O3S. The summed E-state index contributed by atoms with van der Waals surface area (Å²) in [6.45, 7) is 7.36. The molecule has 0 aromatic heterocycles. The van der Waals surface area contributed by atoms with Crippen LogP contribution < -0.4 is 4.90 Å². The second kappa shape index (κ2) is 8.14. The molecule has 0 saturated carbocycles. The number of rotatable bonds is 5. The summed E-state index contributed by atoms with van der Waals surface area (Å²) in [6, 6.07) is 6.00. The van der Waals surface area contributed by atoms with E-state index in [1.807, 2.05) is 13.8 Å². The molecule has 0 bridgehead atoms. The number of carbonyl (C=O) groups is 1. The Bertz CT molecular complexity index is 761. The van der Waals surface area contributed by atoms with Gasteiger partial charge in [-0.05, 0) is 44.5 Å². The minimum atomic E-state index is -3.02. The summed E-state index contributed by atoms with van der Waals surface area (Å²) in [5.74, 6) is 0.0177. The van der Waals surface area contributed by atoms with E-state index in [4.69, 9.17) is 0 Å². The largest absolute Gasteiger partial charge is 0.369 e. The Morgan fingerprint density at radius 2 is 1.85 bits per heavy atom. The van der Waals surface area contributed by atoms with Crippen molar-refractivity contribution in [2.45, 2.75) is 32.4 Å². The predicted octanol–water partition coefficient (Wildman–Crippen LogP) is 1.37. The molecule has 1 aromatic carbocycles. The zero-order chi connectivity index (χ0) is 19.6. The number of likely N-dealkylation sites (N-methyl/N-ethyl adjacent to an activating group) is 1. The van der Waals surface area contributed by atoms with Crippen LogP contribution in [0.15, 0.2) is 24.3 Å². The molecule has 0 N–H and O–H groups in total. The molecule has 2 aliphatic heterocycles. The Labute approximate surface area is 160 Å². The van der Waals surface area contributed by atoms with E-state index in [9.17, 15) is 17.6 Å². The first-order chi connectivity index (χ1) is 12.8. The van der Waals surface area contributed by atoms with Crippen LogP contribution >= 0.6 is 0 Å². The Hall–Kier alpha value is -1.67. The molecule has 2 saturated heterocycles. The van der Waals surface area contributed by atoms with Crippen LogP contribution in [0.2, 0.25) is 0 Å². The van der Waals surface area contributed by atoms with E-state index in [0.717, 1.165) is 31.9 Å². The van der Waals surface area contributed by atoms with Crippen molar-refractivity contribution in [2.75, 3.05) is 49.1 Å². The lowest BCUT2D eigenvalue weighted by Crippen LogP contribution is -2.56. The van der Waals surface area contributed by atoms with Crippen LogP contribution in [0.4, 0.5) is 10.1 Å². The molecule has 2 atom stereocenters. The highest BCUT2D eigenvalue weighted by molar-refractivity contribution is 7.91. The average molecular weight is 398 g/mol. The van der Waals surface area contributed by atoms with E-state index < -0.39 is 9.84 Å². The normalized spacial score (nSPS) is 24.0. The fraction of sp³-hybridized carbons (Fsp3) is 0.632. The highest BCUT2D eigenvalue weighted by atomic mass is 32.2. The van der Waals surface area contributed by atoms with E-state index in [-0.39, 0.29) is 35.3 Å². The minimum absolute atomic E-state index is 0.00910. The summed E-state index contributed by atoms with van der Waals surface area (Å²) in [7, 11) is -3.02. The van der Waals surface area contributed by atoms with E-state index >= 15 is 0 Å². The SMILES string of the molecule is CCN(C(=O)[C@H](C)N1CCN(c2ccc(F)cc2)CC1)[C@@H]1CCS(=O)(=O)C1. The molecule has 0 unspecified atom stereocenters. The summed E-state index contributed by atoms with van der Waals surface area (Å²) in [5, 5.41) is 0. The molecule has 1 aromatic rings. The lowest BCUT2D eigenvalue weighted by molar-refractivity contribution is -0.138. The van der Waals surface area contributed by atoms with Gasteiger partial charge >= 0.3 is 0 Å². The van der Waals surface area contributed by atoms with Gasteiger partial charge in [0.05, 0.1) is 17.5 Å². The standard InChI is InChI=1S/C19H28FN3O3S/c1-3-23(18-8-13-27(25,26)14-18)19(24)15(2)21-9-11-22(12-10-21)17-6-4-16(20)5-7-17/h4-7,15,18H,3,8-14H2,1-2H3/t15-,18+/m0/s1. The fourth-order valence-electron chi connectivity index (χ4n) is 4.03. The van der Waals surface area contributed by atoms with Gasteiger partial charge in [0.25, 0.3) is 0 Å². The maximum atomic E-state index is 13.1. The number of nitrogens with zero attached hydrogens (tertiary/aromatic N) is 3. The number of amides is 1. The number of piperazine rings is 1. The van der Waals surface area contributed by atoms with Gasteiger partial charge in [0.1, 0.15) is 5.82 Å². The van der Waals surface area contributed by atoms with Gasteiger partial charge < -0.3 is 9.80 Å². The van der Waals surface area contributed by atoms with Crippen molar-refractivity contribution in [1.82, 2.24) is 9.80 Å². The molecule has 0 spiro atoms. The highest BCUT2D eigenvalue weighted by Crippen LogP contribution is 2.21. The van der Waals surface area contributed by atoms with E-state index in [1.165, 1.54) is 12.1 Å². The molecule has 150 valence electrons. The lowest BCUT2D eigenvalue weighted by atomic mass is 10.1. The van der Waals surface area contributed by atoms with Crippen LogP contribution in [-0.4, -0.2) is 80.4 Å². The van der Waals surface area contributed by atoms with Gasteiger partial charge in [-0.2, -0.15) is 0 Å². The molecular weight excluding hydrogens is 369 g/mol. The zero-order valence-electron chi connectivity index (χ0n) is 16.0. The maximum Gasteiger partial charge on any atom is 0.239 e. The van der Waals surface area contributed by atoms with Gasteiger partial charge in [0, 0.05) is 44.5 Å². The summed E-state index contributed by atoms with van der Waals surface area (Å²) >= 11 is 0. The number of hydrogen-bond donors (Lipinski definition) is 0. The fourth-order valence-corrected chi connectivity index (χ4v) is 5.76. The highest BCUT2D eigenvalue weighted by Gasteiger charge is 2.37. The molecule has 1 amide bonds. The molecule has 3 rings (SSSR count). The predicted molar refractivity (Wildman–Crippen MR) is 104 cm³/mol. The smallest absolute Gasteiger partial charge is 0.239 e. The van der Waals surface area contributed by atoms with Crippen LogP contribution in [0.3, 0.4) is 0 Å². The van der Waals surface area contributed by atoms with Crippen LogP contribution in [0.5, 0.6) is 0 Å². The molecule has 2 aliphatic rings. The number of carbonyl (C=O) groups excluding carboxylic acids is 1. The monoisotopic (exact) mass is 397 g/mol. The van der Waals surface area contributed by atoms with Crippen molar-refractivity contribution in [1.29, 1.82) is 0 Å². The third kappa shape index (κ3) is 4.60. The topological polar surface area (TPSA) is 60.9 Å². The van der Waals surface area contributed by atoms with Gasteiger partial charge in [-0.15, -0.1) is 0 Å².